The number of ether oxygens (including phenoxy) is 1. The van der Waals surface area contributed by atoms with E-state index in [-0.39, 0.29) is 6.42 Å². The van der Waals surface area contributed by atoms with E-state index < -0.39 is 23.6 Å². The highest BCUT2D eigenvalue weighted by Crippen LogP contribution is 2.30. The number of esters is 1. The van der Waals surface area contributed by atoms with E-state index in [4.69, 9.17) is 0 Å². The molecule has 0 amide bonds. The lowest BCUT2D eigenvalue weighted by Crippen LogP contribution is -2.29. The average molecular weight is 195 g/mol. The Morgan fingerprint density at radius 2 is 2.08 bits per heavy atom. The minimum absolute atomic E-state index is 0.186. The Kier molecular flexibility index (Phi) is 2.09. The van der Waals surface area contributed by atoms with Crippen molar-refractivity contribution >= 4 is 11.9 Å². The summed E-state index contributed by atoms with van der Waals surface area (Å²) in [7, 11) is 0. The largest absolute Gasteiger partial charge is 0.468 e. The number of cyclic esters (lactones) is 1. The van der Waals surface area contributed by atoms with Gasteiger partial charge in [-0.15, -0.1) is 0 Å². The molecule has 1 aliphatic rings. The molecule has 0 radical (unpaired) electrons. The van der Waals surface area contributed by atoms with Crippen molar-refractivity contribution in [2.24, 2.45) is 4.99 Å². The van der Waals surface area contributed by atoms with Gasteiger partial charge >= 0.3 is 18.0 Å². The van der Waals surface area contributed by atoms with Crippen LogP contribution in [-0.4, -0.2) is 23.6 Å². The summed E-state index contributed by atoms with van der Waals surface area (Å²) < 4.78 is 40.0. The number of rotatable bonds is 1. The molecule has 0 aromatic heterocycles. The number of aliphatic imine (C=N–C) groups is 1. The normalized spacial score (nSPS) is 28.7. The van der Waals surface area contributed by atoms with Gasteiger partial charge in [-0.3, -0.25) is 0 Å². The van der Waals surface area contributed by atoms with Gasteiger partial charge in [0.1, 0.15) is 0 Å². The predicted molar refractivity (Wildman–Crippen MR) is 38.3 cm³/mol. The Morgan fingerprint density at radius 3 is 2.31 bits per heavy atom. The van der Waals surface area contributed by atoms with Gasteiger partial charge in [0.2, 0.25) is 0 Å². The molecule has 3 nitrogen and oxygen atoms in total. The molecule has 0 aromatic rings. The molecular weight excluding hydrogens is 187 g/mol. The van der Waals surface area contributed by atoms with E-state index in [9.17, 15) is 18.0 Å². The van der Waals surface area contributed by atoms with Crippen molar-refractivity contribution < 1.29 is 22.7 Å². The van der Waals surface area contributed by atoms with E-state index in [0.717, 1.165) is 0 Å². The summed E-state index contributed by atoms with van der Waals surface area (Å²) in [5.41, 5.74) is -1.37. The summed E-state index contributed by atoms with van der Waals surface area (Å²) in [5.74, 6) is -2.39. The molecule has 0 spiro atoms. The number of nitrogens with zero attached hydrogens (tertiary/aromatic N) is 1. The van der Waals surface area contributed by atoms with Gasteiger partial charge in [0, 0.05) is 0 Å². The van der Waals surface area contributed by atoms with E-state index in [1.54, 1.807) is 6.92 Å². The van der Waals surface area contributed by atoms with Crippen LogP contribution in [0.25, 0.3) is 0 Å². The van der Waals surface area contributed by atoms with Crippen LogP contribution >= 0.6 is 0 Å². The molecule has 0 aromatic carbocycles. The third kappa shape index (κ3) is 1.66. The van der Waals surface area contributed by atoms with Crippen LogP contribution in [0.1, 0.15) is 20.3 Å². The first-order valence-corrected chi connectivity index (χ1v) is 3.69. The van der Waals surface area contributed by atoms with Gasteiger partial charge in [-0.05, 0) is 13.3 Å². The van der Waals surface area contributed by atoms with Crippen LogP contribution < -0.4 is 0 Å². The number of hydrogen-bond donors (Lipinski definition) is 0. The molecule has 1 unspecified atom stereocenters. The molecule has 6 heteroatoms. The standard InChI is InChI=1S/C7H8F3NO2/c1-3-6(2)5(12)13-4(11-6)7(8,9)10/h3H2,1-2H3. The second-order valence-electron chi connectivity index (χ2n) is 2.93. The molecule has 74 valence electrons. The Labute approximate surface area is 72.6 Å². The summed E-state index contributed by atoms with van der Waals surface area (Å²) in [5, 5.41) is 0. The maximum atomic E-state index is 12.0. The van der Waals surface area contributed by atoms with E-state index in [1.807, 2.05) is 0 Å². The van der Waals surface area contributed by atoms with Gasteiger partial charge in [-0.25, -0.2) is 9.79 Å². The fourth-order valence-corrected chi connectivity index (χ4v) is 0.835. The van der Waals surface area contributed by atoms with Crippen LogP contribution in [0.4, 0.5) is 13.2 Å². The lowest BCUT2D eigenvalue weighted by molar-refractivity contribution is -0.142. The molecule has 1 rings (SSSR count). The zero-order valence-corrected chi connectivity index (χ0v) is 7.10. The van der Waals surface area contributed by atoms with Crippen molar-refractivity contribution in [3.8, 4) is 0 Å². The van der Waals surface area contributed by atoms with Crippen LogP contribution in [0, 0.1) is 0 Å². The maximum Gasteiger partial charge on any atom is 0.468 e. The Bertz CT molecular complexity index is 271. The van der Waals surface area contributed by atoms with Gasteiger partial charge in [-0.1, -0.05) is 6.92 Å². The Balaban J connectivity index is 2.97. The van der Waals surface area contributed by atoms with Crippen LogP contribution in [0.5, 0.6) is 0 Å². The number of alkyl halides is 3. The zero-order valence-electron chi connectivity index (χ0n) is 7.10. The van der Waals surface area contributed by atoms with Crippen molar-refractivity contribution in [3.63, 3.8) is 0 Å². The summed E-state index contributed by atoms with van der Waals surface area (Å²) in [4.78, 5) is 14.2. The van der Waals surface area contributed by atoms with Gasteiger partial charge < -0.3 is 4.74 Å². The second-order valence-corrected chi connectivity index (χ2v) is 2.93. The molecule has 0 aliphatic carbocycles. The summed E-state index contributed by atoms with van der Waals surface area (Å²) in [6, 6.07) is 0. The smallest absolute Gasteiger partial charge is 0.401 e. The van der Waals surface area contributed by atoms with Crippen molar-refractivity contribution in [2.45, 2.75) is 32.0 Å². The van der Waals surface area contributed by atoms with E-state index >= 15 is 0 Å². The summed E-state index contributed by atoms with van der Waals surface area (Å²) in [6.07, 6.45) is -4.49. The predicted octanol–water partition coefficient (Wildman–Crippen LogP) is 1.67. The third-order valence-electron chi connectivity index (χ3n) is 1.91. The molecule has 1 aliphatic heterocycles. The SMILES string of the molecule is CCC1(C)N=C(C(F)(F)F)OC1=O. The third-order valence-corrected chi connectivity index (χ3v) is 1.91. The van der Waals surface area contributed by atoms with Crippen LogP contribution in [0.15, 0.2) is 4.99 Å². The molecule has 0 fully saturated rings. The monoisotopic (exact) mass is 195 g/mol. The number of hydrogen-bond acceptors (Lipinski definition) is 3. The molecular formula is C7H8F3NO2. The van der Waals surface area contributed by atoms with Crippen molar-refractivity contribution in [2.75, 3.05) is 0 Å². The molecule has 0 saturated carbocycles. The van der Waals surface area contributed by atoms with Crippen molar-refractivity contribution in [1.82, 2.24) is 0 Å². The highest BCUT2D eigenvalue weighted by molar-refractivity contribution is 6.01. The van der Waals surface area contributed by atoms with Gasteiger partial charge in [-0.2, -0.15) is 13.2 Å². The summed E-state index contributed by atoms with van der Waals surface area (Å²) >= 11 is 0. The van der Waals surface area contributed by atoms with Crippen LogP contribution in [0.2, 0.25) is 0 Å². The lowest BCUT2D eigenvalue weighted by Gasteiger charge is -2.11. The molecule has 0 bridgehead atoms. The minimum Gasteiger partial charge on any atom is -0.401 e. The van der Waals surface area contributed by atoms with E-state index in [2.05, 4.69) is 9.73 Å². The minimum atomic E-state index is -4.68. The van der Waals surface area contributed by atoms with Crippen LogP contribution in [0.3, 0.4) is 0 Å². The van der Waals surface area contributed by atoms with E-state index in [1.165, 1.54) is 6.92 Å². The maximum absolute atomic E-state index is 12.0. The lowest BCUT2D eigenvalue weighted by atomic mass is 10.0. The highest BCUT2D eigenvalue weighted by Gasteiger charge is 2.50. The Hall–Kier alpha value is -1.07. The first-order valence-electron chi connectivity index (χ1n) is 3.69. The average Bonchev–Trinajstić information content (AvgIpc) is 2.29. The number of halogens is 3. The Morgan fingerprint density at radius 1 is 1.54 bits per heavy atom. The van der Waals surface area contributed by atoms with Crippen LogP contribution in [-0.2, 0) is 9.53 Å². The summed E-state index contributed by atoms with van der Waals surface area (Å²) in [6.45, 7) is 2.89. The molecule has 1 atom stereocenters. The van der Waals surface area contributed by atoms with Gasteiger partial charge in [0.25, 0.3) is 0 Å². The van der Waals surface area contributed by atoms with Gasteiger partial charge in [0.15, 0.2) is 5.54 Å². The second kappa shape index (κ2) is 2.71. The highest BCUT2D eigenvalue weighted by atomic mass is 19.4. The van der Waals surface area contributed by atoms with E-state index in [0.29, 0.717) is 0 Å². The van der Waals surface area contributed by atoms with Crippen molar-refractivity contribution in [1.29, 1.82) is 0 Å². The number of carbonyl (C=O) groups is 1. The quantitative estimate of drug-likeness (QED) is 0.597. The molecule has 13 heavy (non-hydrogen) atoms. The topological polar surface area (TPSA) is 38.7 Å². The fourth-order valence-electron chi connectivity index (χ4n) is 0.835. The molecule has 0 saturated heterocycles. The molecule has 0 N–H and O–H groups in total. The first kappa shape index (κ1) is 10.0. The molecule has 1 heterocycles. The van der Waals surface area contributed by atoms with Gasteiger partial charge in [0.05, 0.1) is 0 Å². The number of carbonyl (C=O) groups excluding carboxylic acids is 1. The zero-order chi connectivity index (χ0) is 10.3. The first-order chi connectivity index (χ1) is 5.79. The van der Waals surface area contributed by atoms with Crippen molar-refractivity contribution in [3.05, 3.63) is 0 Å². The fraction of sp³-hybridized carbons (Fsp3) is 0.714.